The molecule has 0 saturated carbocycles. The van der Waals surface area contributed by atoms with Crippen molar-refractivity contribution in [3.05, 3.63) is 64.8 Å². The lowest BCUT2D eigenvalue weighted by Gasteiger charge is -2.10. The Balaban J connectivity index is 1.39. The quantitative estimate of drug-likeness (QED) is 0.530. The van der Waals surface area contributed by atoms with Crippen LogP contribution in [-0.2, 0) is 4.79 Å². The molecule has 1 aromatic heterocycles. The van der Waals surface area contributed by atoms with E-state index in [-0.39, 0.29) is 37.3 Å². The SMILES string of the molecule is Cc1cc(Cl)ccc1OCC(=O)NCCNC(=O)c1nc(-c2ccc(F)cc2)no1. The molecule has 8 nitrogen and oxygen atoms in total. The van der Waals surface area contributed by atoms with Gasteiger partial charge in [-0.15, -0.1) is 0 Å². The Morgan fingerprint density at radius 2 is 1.87 bits per heavy atom. The minimum atomic E-state index is -0.585. The van der Waals surface area contributed by atoms with E-state index in [1.54, 1.807) is 18.2 Å². The zero-order chi connectivity index (χ0) is 21.5. The molecule has 0 atom stereocenters. The molecule has 30 heavy (non-hydrogen) atoms. The monoisotopic (exact) mass is 432 g/mol. The van der Waals surface area contributed by atoms with E-state index in [9.17, 15) is 14.0 Å². The van der Waals surface area contributed by atoms with Gasteiger partial charge >= 0.3 is 11.8 Å². The average molecular weight is 433 g/mol. The molecule has 0 radical (unpaired) electrons. The lowest BCUT2D eigenvalue weighted by Crippen LogP contribution is -2.36. The minimum Gasteiger partial charge on any atom is -0.484 e. The molecule has 2 aromatic carbocycles. The molecule has 3 rings (SSSR count). The average Bonchev–Trinajstić information content (AvgIpc) is 3.21. The lowest BCUT2D eigenvalue weighted by atomic mass is 10.2. The number of aryl methyl sites for hydroxylation is 1. The molecule has 0 spiro atoms. The molecular formula is C20H18ClFN4O4. The number of aromatic nitrogens is 2. The third-order valence-electron chi connectivity index (χ3n) is 3.95. The van der Waals surface area contributed by atoms with Crippen LogP contribution in [0.4, 0.5) is 4.39 Å². The largest absolute Gasteiger partial charge is 0.484 e. The van der Waals surface area contributed by atoms with E-state index in [0.717, 1.165) is 5.56 Å². The number of carbonyl (C=O) groups excluding carboxylic acids is 2. The van der Waals surface area contributed by atoms with E-state index in [2.05, 4.69) is 20.8 Å². The third-order valence-corrected chi connectivity index (χ3v) is 4.19. The number of benzene rings is 2. The number of nitrogens with one attached hydrogen (secondary N) is 2. The van der Waals surface area contributed by atoms with E-state index in [1.165, 1.54) is 24.3 Å². The zero-order valence-corrected chi connectivity index (χ0v) is 16.7. The fourth-order valence-electron chi connectivity index (χ4n) is 2.45. The van der Waals surface area contributed by atoms with Crippen molar-refractivity contribution in [2.45, 2.75) is 6.92 Å². The van der Waals surface area contributed by atoms with Crippen molar-refractivity contribution in [3.8, 4) is 17.1 Å². The van der Waals surface area contributed by atoms with Crippen LogP contribution in [0, 0.1) is 12.7 Å². The molecule has 0 aliphatic rings. The number of ether oxygens (including phenoxy) is 1. The van der Waals surface area contributed by atoms with Crippen LogP contribution in [0.3, 0.4) is 0 Å². The molecule has 3 aromatic rings. The van der Waals surface area contributed by atoms with Crippen molar-refractivity contribution in [2.75, 3.05) is 19.7 Å². The Hall–Kier alpha value is -3.46. The molecule has 0 bridgehead atoms. The summed E-state index contributed by atoms with van der Waals surface area (Å²) in [6.45, 7) is 2.00. The summed E-state index contributed by atoms with van der Waals surface area (Å²) in [4.78, 5) is 27.9. The highest BCUT2D eigenvalue weighted by atomic mass is 35.5. The van der Waals surface area contributed by atoms with Gasteiger partial charge in [0.2, 0.25) is 5.82 Å². The standard InChI is InChI=1S/C20H18ClFN4O4/c1-12-10-14(21)4-7-16(12)29-11-17(27)23-8-9-24-19(28)20-25-18(26-30-20)13-2-5-15(22)6-3-13/h2-7,10H,8-9,11H2,1H3,(H,23,27)(H,24,28). The third kappa shape index (κ3) is 5.77. The van der Waals surface area contributed by atoms with Crippen molar-refractivity contribution in [1.82, 2.24) is 20.8 Å². The van der Waals surface area contributed by atoms with Crippen LogP contribution in [0.5, 0.6) is 5.75 Å². The van der Waals surface area contributed by atoms with Gasteiger partial charge in [0.1, 0.15) is 11.6 Å². The van der Waals surface area contributed by atoms with Crippen LogP contribution in [-0.4, -0.2) is 41.7 Å². The van der Waals surface area contributed by atoms with E-state index in [1.807, 2.05) is 6.92 Å². The van der Waals surface area contributed by atoms with Gasteiger partial charge in [0, 0.05) is 23.7 Å². The predicted molar refractivity (Wildman–Crippen MR) is 107 cm³/mol. The molecule has 2 N–H and O–H groups in total. The van der Waals surface area contributed by atoms with Crippen molar-refractivity contribution >= 4 is 23.4 Å². The second-order valence-electron chi connectivity index (χ2n) is 6.23. The molecule has 0 fully saturated rings. The first-order valence-electron chi connectivity index (χ1n) is 8.96. The Morgan fingerprint density at radius 3 is 2.60 bits per heavy atom. The van der Waals surface area contributed by atoms with Gasteiger partial charge in [0.25, 0.3) is 5.91 Å². The number of carbonyl (C=O) groups is 2. The molecular weight excluding hydrogens is 415 g/mol. The normalized spacial score (nSPS) is 10.5. The molecule has 0 aliphatic carbocycles. The maximum absolute atomic E-state index is 13.0. The first-order valence-corrected chi connectivity index (χ1v) is 9.33. The summed E-state index contributed by atoms with van der Waals surface area (Å²) < 4.78 is 23.3. The van der Waals surface area contributed by atoms with Crippen molar-refractivity contribution < 1.29 is 23.2 Å². The van der Waals surface area contributed by atoms with Crippen molar-refractivity contribution in [1.29, 1.82) is 0 Å². The summed E-state index contributed by atoms with van der Waals surface area (Å²) in [7, 11) is 0. The first-order chi connectivity index (χ1) is 14.4. The smallest absolute Gasteiger partial charge is 0.316 e. The lowest BCUT2D eigenvalue weighted by molar-refractivity contribution is -0.123. The molecule has 0 unspecified atom stereocenters. The fourth-order valence-corrected chi connectivity index (χ4v) is 2.68. The number of nitrogens with zero attached hydrogens (tertiary/aromatic N) is 2. The highest BCUT2D eigenvalue weighted by Gasteiger charge is 2.16. The summed E-state index contributed by atoms with van der Waals surface area (Å²) >= 11 is 5.87. The van der Waals surface area contributed by atoms with Crippen LogP contribution in [0.25, 0.3) is 11.4 Å². The second-order valence-corrected chi connectivity index (χ2v) is 6.67. The zero-order valence-electron chi connectivity index (χ0n) is 15.9. The van der Waals surface area contributed by atoms with Crippen LogP contribution < -0.4 is 15.4 Å². The van der Waals surface area contributed by atoms with Crippen molar-refractivity contribution in [2.24, 2.45) is 0 Å². The summed E-state index contributed by atoms with van der Waals surface area (Å²) in [6.07, 6.45) is 0. The minimum absolute atomic E-state index is 0.152. The molecule has 0 saturated heterocycles. The molecule has 156 valence electrons. The van der Waals surface area contributed by atoms with Gasteiger partial charge in [-0.2, -0.15) is 4.98 Å². The topological polar surface area (TPSA) is 106 Å². The van der Waals surface area contributed by atoms with Gasteiger partial charge < -0.3 is 19.9 Å². The Morgan fingerprint density at radius 1 is 1.13 bits per heavy atom. The Labute approximate surface area is 176 Å². The van der Waals surface area contributed by atoms with Gasteiger partial charge in [-0.25, -0.2) is 4.39 Å². The Bertz CT molecular complexity index is 1040. The van der Waals surface area contributed by atoms with E-state index in [4.69, 9.17) is 20.9 Å². The summed E-state index contributed by atoms with van der Waals surface area (Å²) in [5.41, 5.74) is 1.34. The predicted octanol–water partition coefficient (Wildman–Crippen LogP) is 2.76. The molecule has 0 aliphatic heterocycles. The van der Waals surface area contributed by atoms with Crippen LogP contribution in [0.2, 0.25) is 5.02 Å². The number of amides is 2. The first kappa shape index (κ1) is 21.3. The summed E-state index contributed by atoms with van der Waals surface area (Å²) in [5, 5.41) is 9.46. The maximum atomic E-state index is 13.0. The molecule has 10 heteroatoms. The van der Waals surface area contributed by atoms with Crippen LogP contribution in [0.15, 0.2) is 47.0 Å². The number of halogens is 2. The highest BCUT2D eigenvalue weighted by Crippen LogP contribution is 2.21. The van der Waals surface area contributed by atoms with E-state index >= 15 is 0 Å². The highest BCUT2D eigenvalue weighted by molar-refractivity contribution is 6.30. The molecule has 2 amide bonds. The van der Waals surface area contributed by atoms with Gasteiger partial charge in [-0.05, 0) is 55.0 Å². The number of hydrogen-bond donors (Lipinski definition) is 2. The number of hydrogen-bond acceptors (Lipinski definition) is 6. The van der Waals surface area contributed by atoms with Crippen LogP contribution in [0.1, 0.15) is 16.2 Å². The van der Waals surface area contributed by atoms with Gasteiger partial charge in [0.05, 0.1) is 0 Å². The number of rotatable bonds is 8. The van der Waals surface area contributed by atoms with E-state index in [0.29, 0.717) is 16.3 Å². The maximum Gasteiger partial charge on any atom is 0.316 e. The second kappa shape index (κ2) is 9.84. The summed E-state index contributed by atoms with van der Waals surface area (Å²) in [5.74, 6) is -0.814. The van der Waals surface area contributed by atoms with Gasteiger partial charge in [-0.1, -0.05) is 16.8 Å². The van der Waals surface area contributed by atoms with Crippen molar-refractivity contribution in [3.63, 3.8) is 0 Å². The van der Waals surface area contributed by atoms with E-state index < -0.39 is 11.7 Å². The Kier molecular flexibility index (Phi) is 6.97. The summed E-state index contributed by atoms with van der Waals surface area (Å²) in [6, 6.07) is 10.6. The van der Waals surface area contributed by atoms with Crippen LogP contribution >= 0.6 is 11.6 Å². The fraction of sp³-hybridized carbons (Fsp3) is 0.200. The van der Waals surface area contributed by atoms with Gasteiger partial charge in [-0.3, -0.25) is 9.59 Å². The van der Waals surface area contributed by atoms with Gasteiger partial charge in [0.15, 0.2) is 6.61 Å². The molecule has 1 heterocycles.